The van der Waals surface area contributed by atoms with E-state index >= 15 is 0 Å². The summed E-state index contributed by atoms with van der Waals surface area (Å²) >= 11 is 1.65. The summed E-state index contributed by atoms with van der Waals surface area (Å²) in [7, 11) is 0. The second-order valence-corrected chi connectivity index (χ2v) is 5.96. The number of nitrogens with one attached hydrogen (secondary N) is 1. The predicted molar refractivity (Wildman–Crippen MR) is 85.5 cm³/mol. The van der Waals surface area contributed by atoms with Crippen molar-refractivity contribution in [2.75, 3.05) is 11.9 Å². The van der Waals surface area contributed by atoms with E-state index in [2.05, 4.69) is 15.3 Å². The molecule has 2 heterocycles. The Bertz CT molecular complexity index is 566. The SMILES string of the molecule is CCNc1cnc(C(=O)N(Cc2cccs2)C(C)C)cn1. The zero-order valence-electron chi connectivity index (χ0n) is 12.5. The number of hydrogen-bond acceptors (Lipinski definition) is 5. The lowest BCUT2D eigenvalue weighted by Crippen LogP contribution is -2.36. The molecule has 0 aromatic carbocycles. The number of aromatic nitrogens is 2. The molecule has 2 aromatic rings. The van der Waals surface area contributed by atoms with Gasteiger partial charge in [0.25, 0.3) is 5.91 Å². The van der Waals surface area contributed by atoms with Gasteiger partial charge in [0.15, 0.2) is 0 Å². The first-order valence-corrected chi connectivity index (χ1v) is 7.89. The molecule has 0 saturated heterocycles. The van der Waals surface area contributed by atoms with Crippen LogP contribution in [0, 0.1) is 0 Å². The molecule has 0 atom stereocenters. The van der Waals surface area contributed by atoms with E-state index in [1.54, 1.807) is 17.5 Å². The maximum absolute atomic E-state index is 12.6. The van der Waals surface area contributed by atoms with Crippen molar-refractivity contribution < 1.29 is 4.79 Å². The van der Waals surface area contributed by atoms with Gasteiger partial charge in [0, 0.05) is 17.5 Å². The molecule has 112 valence electrons. The van der Waals surface area contributed by atoms with E-state index in [-0.39, 0.29) is 11.9 Å². The molecule has 0 aliphatic heterocycles. The number of rotatable bonds is 6. The van der Waals surface area contributed by atoms with Crippen molar-refractivity contribution in [2.24, 2.45) is 0 Å². The van der Waals surface area contributed by atoms with Crippen molar-refractivity contribution in [1.82, 2.24) is 14.9 Å². The van der Waals surface area contributed by atoms with E-state index in [1.165, 1.54) is 6.20 Å². The number of hydrogen-bond donors (Lipinski definition) is 1. The number of anilines is 1. The van der Waals surface area contributed by atoms with E-state index < -0.39 is 0 Å². The van der Waals surface area contributed by atoms with Gasteiger partial charge in [-0.3, -0.25) is 4.79 Å². The Kier molecular flexibility index (Phi) is 5.27. The second kappa shape index (κ2) is 7.17. The largest absolute Gasteiger partial charge is 0.369 e. The normalized spacial score (nSPS) is 10.7. The molecule has 2 rings (SSSR count). The molecule has 5 nitrogen and oxygen atoms in total. The highest BCUT2D eigenvalue weighted by molar-refractivity contribution is 7.09. The molecule has 0 aliphatic carbocycles. The Morgan fingerprint density at radius 3 is 2.71 bits per heavy atom. The highest BCUT2D eigenvalue weighted by Gasteiger charge is 2.20. The molecule has 0 aliphatic rings. The zero-order chi connectivity index (χ0) is 15.2. The van der Waals surface area contributed by atoms with Gasteiger partial charge in [-0.05, 0) is 32.2 Å². The number of nitrogens with zero attached hydrogens (tertiary/aromatic N) is 3. The molecule has 1 N–H and O–H groups in total. The summed E-state index contributed by atoms with van der Waals surface area (Å²) in [5.41, 5.74) is 0.377. The van der Waals surface area contributed by atoms with Gasteiger partial charge in [-0.2, -0.15) is 0 Å². The standard InChI is InChI=1S/C15H20N4OS/c1-4-16-14-9-17-13(8-18-14)15(20)19(11(2)3)10-12-6-5-7-21-12/h5-9,11H,4,10H2,1-3H3,(H,16,18). The Hall–Kier alpha value is -1.95. The molecule has 2 aromatic heterocycles. The first-order chi connectivity index (χ1) is 10.1. The second-order valence-electron chi connectivity index (χ2n) is 4.92. The lowest BCUT2D eigenvalue weighted by Gasteiger charge is -2.25. The van der Waals surface area contributed by atoms with Gasteiger partial charge in [-0.25, -0.2) is 9.97 Å². The van der Waals surface area contributed by atoms with Gasteiger partial charge < -0.3 is 10.2 Å². The predicted octanol–water partition coefficient (Wildman–Crippen LogP) is 3.02. The van der Waals surface area contributed by atoms with E-state index in [0.29, 0.717) is 18.1 Å². The minimum atomic E-state index is -0.0889. The maximum atomic E-state index is 12.6. The molecule has 0 bridgehead atoms. The minimum absolute atomic E-state index is 0.0889. The number of carbonyl (C=O) groups excluding carboxylic acids is 1. The van der Waals surface area contributed by atoms with Crippen molar-refractivity contribution in [3.63, 3.8) is 0 Å². The Labute approximate surface area is 129 Å². The van der Waals surface area contributed by atoms with E-state index in [0.717, 1.165) is 11.4 Å². The van der Waals surface area contributed by atoms with Crippen LogP contribution in [0.4, 0.5) is 5.82 Å². The quantitative estimate of drug-likeness (QED) is 0.891. The first kappa shape index (κ1) is 15.4. The van der Waals surface area contributed by atoms with Crippen LogP contribution in [0.3, 0.4) is 0 Å². The molecule has 6 heteroatoms. The van der Waals surface area contributed by atoms with Crippen molar-refractivity contribution >= 4 is 23.1 Å². The molecule has 0 fully saturated rings. The summed E-state index contributed by atoms with van der Waals surface area (Å²) in [6.07, 6.45) is 3.13. The number of amides is 1. The van der Waals surface area contributed by atoms with E-state index in [1.807, 2.05) is 43.2 Å². The monoisotopic (exact) mass is 304 g/mol. The molecular formula is C15H20N4OS. The third-order valence-corrected chi connectivity index (χ3v) is 3.88. The summed E-state index contributed by atoms with van der Waals surface area (Å²) in [5.74, 6) is 0.595. The molecular weight excluding hydrogens is 284 g/mol. The van der Waals surface area contributed by atoms with Crippen LogP contribution in [0.25, 0.3) is 0 Å². The number of thiophene rings is 1. The van der Waals surface area contributed by atoms with Crippen LogP contribution in [0.5, 0.6) is 0 Å². The van der Waals surface area contributed by atoms with Gasteiger partial charge in [0.1, 0.15) is 11.5 Å². The first-order valence-electron chi connectivity index (χ1n) is 7.01. The van der Waals surface area contributed by atoms with E-state index in [9.17, 15) is 4.79 Å². The Morgan fingerprint density at radius 1 is 1.38 bits per heavy atom. The Balaban J connectivity index is 2.14. The Morgan fingerprint density at radius 2 is 2.19 bits per heavy atom. The van der Waals surface area contributed by atoms with Gasteiger partial charge in [0.05, 0.1) is 18.9 Å². The molecule has 0 spiro atoms. The van der Waals surface area contributed by atoms with Gasteiger partial charge in [0.2, 0.25) is 0 Å². The van der Waals surface area contributed by atoms with Gasteiger partial charge >= 0.3 is 0 Å². The molecule has 1 amide bonds. The van der Waals surface area contributed by atoms with Crippen LogP contribution in [0.2, 0.25) is 0 Å². The highest BCUT2D eigenvalue weighted by atomic mass is 32.1. The third kappa shape index (κ3) is 4.01. The van der Waals surface area contributed by atoms with Crippen molar-refractivity contribution in [3.05, 3.63) is 40.5 Å². The zero-order valence-corrected chi connectivity index (χ0v) is 13.4. The summed E-state index contributed by atoms with van der Waals surface area (Å²) in [6, 6.07) is 4.14. The topological polar surface area (TPSA) is 58.1 Å². The average Bonchev–Trinajstić information content (AvgIpc) is 2.98. The third-order valence-electron chi connectivity index (χ3n) is 3.02. The molecule has 0 unspecified atom stereocenters. The van der Waals surface area contributed by atoms with Crippen LogP contribution in [0.15, 0.2) is 29.9 Å². The number of carbonyl (C=O) groups is 1. The van der Waals surface area contributed by atoms with Crippen LogP contribution in [0.1, 0.15) is 36.1 Å². The van der Waals surface area contributed by atoms with Crippen molar-refractivity contribution in [1.29, 1.82) is 0 Å². The van der Waals surface area contributed by atoms with E-state index in [4.69, 9.17) is 0 Å². The minimum Gasteiger partial charge on any atom is -0.369 e. The fourth-order valence-corrected chi connectivity index (χ4v) is 2.62. The van der Waals surface area contributed by atoms with Crippen LogP contribution >= 0.6 is 11.3 Å². The lowest BCUT2D eigenvalue weighted by molar-refractivity contribution is 0.0686. The van der Waals surface area contributed by atoms with Crippen molar-refractivity contribution in [2.45, 2.75) is 33.4 Å². The summed E-state index contributed by atoms with van der Waals surface area (Å²) in [6.45, 7) is 7.38. The summed E-state index contributed by atoms with van der Waals surface area (Å²) in [5, 5.41) is 5.08. The van der Waals surface area contributed by atoms with Crippen molar-refractivity contribution in [3.8, 4) is 0 Å². The summed E-state index contributed by atoms with van der Waals surface area (Å²) < 4.78 is 0. The fraction of sp³-hybridized carbons (Fsp3) is 0.400. The highest BCUT2D eigenvalue weighted by Crippen LogP contribution is 2.16. The van der Waals surface area contributed by atoms with Crippen LogP contribution in [-0.4, -0.2) is 33.4 Å². The smallest absolute Gasteiger partial charge is 0.274 e. The molecule has 0 radical (unpaired) electrons. The molecule has 0 saturated carbocycles. The van der Waals surface area contributed by atoms with Gasteiger partial charge in [-0.1, -0.05) is 6.07 Å². The van der Waals surface area contributed by atoms with Gasteiger partial charge in [-0.15, -0.1) is 11.3 Å². The van der Waals surface area contributed by atoms with Crippen LogP contribution in [-0.2, 0) is 6.54 Å². The fourth-order valence-electron chi connectivity index (χ4n) is 1.92. The van der Waals surface area contributed by atoms with Crippen LogP contribution < -0.4 is 5.32 Å². The lowest BCUT2D eigenvalue weighted by atomic mass is 10.2. The maximum Gasteiger partial charge on any atom is 0.274 e. The average molecular weight is 304 g/mol. The molecule has 21 heavy (non-hydrogen) atoms. The summed E-state index contributed by atoms with van der Waals surface area (Å²) in [4.78, 5) is 24.0.